The van der Waals surface area contributed by atoms with Crippen molar-refractivity contribution >= 4 is 17.5 Å². The highest BCUT2D eigenvalue weighted by molar-refractivity contribution is 8.01. The largest absolute Gasteiger partial charge is 0.298 e. The average molecular weight is 225 g/mol. The summed E-state index contributed by atoms with van der Waals surface area (Å²) in [6.45, 7) is 2.05. The molecule has 0 amide bonds. The lowest BCUT2D eigenvalue weighted by Crippen LogP contribution is -2.30. The highest BCUT2D eigenvalue weighted by atomic mass is 32.2. The molecule has 4 nitrogen and oxygen atoms in total. The maximum absolute atomic E-state index is 12.0. The van der Waals surface area contributed by atoms with Gasteiger partial charge in [0.05, 0.1) is 16.9 Å². The summed E-state index contributed by atoms with van der Waals surface area (Å²) >= 11 is 1.77. The monoisotopic (exact) mass is 225 g/mol. The van der Waals surface area contributed by atoms with Gasteiger partial charge in [0.25, 0.3) is 0 Å². The molecule has 1 aliphatic rings. The van der Waals surface area contributed by atoms with Gasteiger partial charge in [0, 0.05) is 13.2 Å². The van der Waals surface area contributed by atoms with Crippen molar-refractivity contribution in [3.8, 4) is 0 Å². The summed E-state index contributed by atoms with van der Waals surface area (Å²) in [5, 5.41) is 7.77. The molecule has 0 bridgehead atoms. The summed E-state index contributed by atoms with van der Waals surface area (Å²) < 4.78 is 1.45. The molecule has 1 fully saturated rings. The first-order valence-electron chi connectivity index (χ1n) is 5.13. The third-order valence-corrected chi connectivity index (χ3v) is 4.36. The zero-order chi connectivity index (χ0) is 10.9. The number of thioether (sulfide) groups is 1. The first-order valence-corrected chi connectivity index (χ1v) is 6.11. The summed E-state index contributed by atoms with van der Waals surface area (Å²) in [5.74, 6) is 1.38. The van der Waals surface area contributed by atoms with Crippen molar-refractivity contribution in [2.75, 3.05) is 5.75 Å². The van der Waals surface area contributed by atoms with Crippen molar-refractivity contribution in [1.82, 2.24) is 15.0 Å². The Labute approximate surface area is 93.4 Å². The quantitative estimate of drug-likeness (QED) is 0.776. The fourth-order valence-electron chi connectivity index (χ4n) is 1.83. The molecule has 0 radical (unpaired) electrons. The summed E-state index contributed by atoms with van der Waals surface area (Å²) in [6, 6.07) is 0. The van der Waals surface area contributed by atoms with Crippen LogP contribution < -0.4 is 0 Å². The van der Waals surface area contributed by atoms with Crippen LogP contribution in [0.4, 0.5) is 0 Å². The highest BCUT2D eigenvalue weighted by Crippen LogP contribution is 2.38. The zero-order valence-corrected chi connectivity index (χ0v) is 9.88. The van der Waals surface area contributed by atoms with E-state index in [-0.39, 0.29) is 10.5 Å². The minimum atomic E-state index is -0.183. The van der Waals surface area contributed by atoms with Crippen LogP contribution in [0.2, 0.25) is 0 Å². The second-order valence-corrected chi connectivity index (χ2v) is 5.76. The van der Waals surface area contributed by atoms with Gasteiger partial charge in [-0.2, -0.15) is 0 Å². The molecule has 1 aromatic heterocycles. The predicted octanol–water partition coefficient (Wildman–Crippen LogP) is 1.21. The molecule has 0 aliphatic carbocycles. The maximum atomic E-state index is 12.0. The molecule has 1 aromatic rings. The summed E-state index contributed by atoms with van der Waals surface area (Å²) in [6.07, 6.45) is 4.36. The lowest BCUT2D eigenvalue weighted by atomic mass is 9.97. The Balaban J connectivity index is 2.03. The van der Waals surface area contributed by atoms with Gasteiger partial charge in [0.1, 0.15) is 0 Å². The molecule has 1 aliphatic heterocycles. The van der Waals surface area contributed by atoms with Crippen LogP contribution >= 0.6 is 11.8 Å². The molecule has 1 saturated heterocycles. The van der Waals surface area contributed by atoms with E-state index in [0.29, 0.717) is 6.42 Å². The molecule has 2 rings (SSSR count). The number of carbonyl (C=O) groups is 1. The molecule has 1 atom stereocenters. The Morgan fingerprint density at radius 1 is 1.73 bits per heavy atom. The SMILES string of the molecule is Cn1cc(CC(=O)C2(C)CCCS2)nn1. The van der Waals surface area contributed by atoms with Gasteiger partial charge in [-0.15, -0.1) is 16.9 Å². The molecule has 5 heteroatoms. The Morgan fingerprint density at radius 3 is 3.07 bits per heavy atom. The van der Waals surface area contributed by atoms with Gasteiger partial charge in [-0.05, 0) is 25.5 Å². The van der Waals surface area contributed by atoms with Crippen molar-refractivity contribution in [3.63, 3.8) is 0 Å². The second kappa shape index (κ2) is 3.96. The molecule has 82 valence electrons. The molecule has 0 spiro atoms. The van der Waals surface area contributed by atoms with E-state index in [4.69, 9.17) is 0 Å². The molecular formula is C10H15N3OS. The lowest BCUT2D eigenvalue weighted by Gasteiger charge is -2.19. The smallest absolute Gasteiger partial charge is 0.154 e. The standard InChI is InChI=1S/C10H15N3OS/c1-10(4-3-5-15-10)9(14)6-8-7-13(2)12-11-8/h7H,3-6H2,1-2H3. The van der Waals surface area contributed by atoms with E-state index in [1.165, 1.54) is 0 Å². The van der Waals surface area contributed by atoms with Gasteiger partial charge in [-0.3, -0.25) is 9.48 Å². The van der Waals surface area contributed by atoms with Crippen molar-refractivity contribution < 1.29 is 4.79 Å². The number of hydrogen-bond donors (Lipinski definition) is 0. The number of hydrogen-bond acceptors (Lipinski definition) is 4. The van der Waals surface area contributed by atoms with E-state index in [2.05, 4.69) is 10.3 Å². The number of Topliss-reactive ketones (excluding diaryl/α,β-unsaturated/α-hetero) is 1. The third kappa shape index (κ3) is 2.22. The van der Waals surface area contributed by atoms with Crippen LogP contribution in [-0.4, -0.2) is 31.3 Å². The summed E-state index contributed by atoms with van der Waals surface area (Å²) in [4.78, 5) is 12.0. The van der Waals surface area contributed by atoms with Crippen molar-refractivity contribution in [2.24, 2.45) is 7.05 Å². The van der Waals surface area contributed by atoms with Gasteiger partial charge < -0.3 is 0 Å². The first kappa shape index (κ1) is 10.7. The second-order valence-electron chi connectivity index (χ2n) is 4.17. The lowest BCUT2D eigenvalue weighted by molar-refractivity contribution is -0.120. The number of ketones is 1. The Hall–Kier alpha value is -0.840. The van der Waals surface area contributed by atoms with E-state index < -0.39 is 0 Å². The fourth-order valence-corrected chi connectivity index (χ4v) is 3.09. The fraction of sp³-hybridized carbons (Fsp3) is 0.700. The predicted molar refractivity (Wildman–Crippen MR) is 59.8 cm³/mol. The van der Waals surface area contributed by atoms with Crippen LogP contribution in [0.5, 0.6) is 0 Å². The van der Waals surface area contributed by atoms with Crippen LogP contribution in [0.1, 0.15) is 25.5 Å². The highest BCUT2D eigenvalue weighted by Gasteiger charge is 2.36. The number of carbonyl (C=O) groups excluding carboxylic acids is 1. The minimum Gasteiger partial charge on any atom is -0.298 e. The molecule has 0 N–H and O–H groups in total. The van der Waals surface area contributed by atoms with Crippen LogP contribution in [0.25, 0.3) is 0 Å². The van der Waals surface area contributed by atoms with E-state index in [1.807, 2.05) is 14.0 Å². The van der Waals surface area contributed by atoms with Gasteiger partial charge in [-0.1, -0.05) is 5.21 Å². The van der Waals surface area contributed by atoms with Crippen LogP contribution in [0.15, 0.2) is 6.20 Å². The van der Waals surface area contributed by atoms with Crippen molar-refractivity contribution in [2.45, 2.75) is 30.9 Å². The number of aryl methyl sites for hydroxylation is 1. The molecule has 0 saturated carbocycles. The van der Waals surface area contributed by atoms with E-state index in [1.54, 1.807) is 22.6 Å². The maximum Gasteiger partial charge on any atom is 0.154 e. The normalized spacial score (nSPS) is 25.7. The van der Waals surface area contributed by atoms with Crippen LogP contribution in [0.3, 0.4) is 0 Å². The topological polar surface area (TPSA) is 47.8 Å². The van der Waals surface area contributed by atoms with Gasteiger partial charge in [0.15, 0.2) is 5.78 Å². The molecule has 0 aromatic carbocycles. The average Bonchev–Trinajstić information content (AvgIpc) is 2.76. The summed E-state index contributed by atoms with van der Waals surface area (Å²) in [7, 11) is 1.81. The van der Waals surface area contributed by atoms with E-state index >= 15 is 0 Å². The van der Waals surface area contributed by atoms with Gasteiger partial charge in [-0.25, -0.2) is 0 Å². The van der Waals surface area contributed by atoms with Crippen molar-refractivity contribution in [1.29, 1.82) is 0 Å². The van der Waals surface area contributed by atoms with Gasteiger partial charge in [0.2, 0.25) is 0 Å². The molecular weight excluding hydrogens is 210 g/mol. The minimum absolute atomic E-state index is 0.183. The Bertz CT molecular complexity index is 368. The Kier molecular flexibility index (Phi) is 2.82. The van der Waals surface area contributed by atoms with Gasteiger partial charge >= 0.3 is 0 Å². The van der Waals surface area contributed by atoms with Crippen molar-refractivity contribution in [3.05, 3.63) is 11.9 Å². The molecule has 2 heterocycles. The Morgan fingerprint density at radius 2 is 2.53 bits per heavy atom. The number of nitrogens with zero attached hydrogens (tertiary/aromatic N) is 3. The van der Waals surface area contributed by atoms with Crippen LogP contribution in [0, 0.1) is 0 Å². The zero-order valence-electron chi connectivity index (χ0n) is 9.06. The molecule has 15 heavy (non-hydrogen) atoms. The van der Waals surface area contributed by atoms with E-state index in [0.717, 1.165) is 24.3 Å². The number of rotatable bonds is 3. The third-order valence-electron chi connectivity index (χ3n) is 2.80. The van der Waals surface area contributed by atoms with Crippen LogP contribution in [-0.2, 0) is 18.3 Å². The molecule has 1 unspecified atom stereocenters. The first-order chi connectivity index (χ1) is 7.10. The van der Waals surface area contributed by atoms with E-state index in [9.17, 15) is 4.79 Å². The summed E-state index contributed by atoms with van der Waals surface area (Å²) in [5.41, 5.74) is 0.774. The number of aromatic nitrogens is 3.